The summed E-state index contributed by atoms with van der Waals surface area (Å²) in [4.78, 5) is 0. The first kappa shape index (κ1) is 31.4. The van der Waals surface area contributed by atoms with E-state index in [0.717, 1.165) is 42.9 Å². The molecule has 0 heterocycles. The molecule has 3 aliphatic rings. The van der Waals surface area contributed by atoms with Gasteiger partial charge in [-0.25, -0.2) is 0 Å². The van der Waals surface area contributed by atoms with Crippen LogP contribution < -0.4 is 0 Å². The topological polar surface area (TPSA) is 60.7 Å². The summed E-state index contributed by atoms with van der Waals surface area (Å²) < 4.78 is 0. The Labute approximate surface area is 230 Å². The first-order valence-electron chi connectivity index (χ1n) is 16.7. The Bertz CT molecular complexity index is 582. The average molecular weight is 521 g/mol. The number of aliphatic hydroxyl groups is 3. The molecule has 0 saturated heterocycles. The fraction of sp³-hybridized carbons (Fsp3) is 1.00. The molecular weight excluding hydrogens is 456 g/mol. The average Bonchev–Trinajstić information content (AvgIpc) is 2.87. The normalized spacial score (nSPS) is 31.4. The maximum absolute atomic E-state index is 11.1. The zero-order chi connectivity index (χ0) is 26.8. The lowest BCUT2D eigenvalue weighted by Gasteiger charge is -2.35. The van der Waals surface area contributed by atoms with E-state index >= 15 is 0 Å². The van der Waals surface area contributed by atoms with E-state index in [1.807, 2.05) is 0 Å². The molecule has 3 unspecified atom stereocenters. The van der Waals surface area contributed by atoms with Gasteiger partial charge in [0.1, 0.15) is 0 Å². The molecule has 3 N–H and O–H groups in total. The standard InChI is InChI=1S/C34H64O3/c1-24(2)20-27-14-16-30(17-15-27)33(36)23-31(25(3)4)18-19-32(35)34(37)22-29-12-10-28(11-13-29)21-26-8-6-5-7-9-26/h24-37H,5-23H2,1-4H3/t27?,28?,29?,30?,31?,32?,33?,34-/m0/s1. The number of aliphatic hydroxyl groups excluding tert-OH is 3. The molecule has 3 aliphatic carbocycles. The van der Waals surface area contributed by atoms with Gasteiger partial charge in [-0.3, -0.25) is 0 Å². The molecule has 3 rings (SSSR count). The van der Waals surface area contributed by atoms with Crippen molar-refractivity contribution >= 4 is 0 Å². The molecule has 0 amide bonds. The van der Waals surface area contributed by atoms with Gasteiger partial charge in [0, 0.05) is 0 Å². The smallest absolute Gasteiger partial charge is 0.0801 e. The van der Waals surface area contributed by atoms with Gasteiger partial charge in [-0.05, 0) is 98.7 Å². The summed E-state index contributed by atoms with van der Waals surface area (Å²) >= 11 is 0. The van der Waals surface area contributed by atoms with Crippen LogP contribution in [0.5, 0.6) is 0 Å². The molecule has 3 fully saturated rings. The van der Waals surface area contributed by atoms with Gasteiger partial charge in [0.25, 0.3) is 0 Å². The van der Waals surface area contributed by atoms with Crippen molar-refractivity contribution in [3.05, 3.63) is 0 Å². The van der Waals surface area contributed by atoms with E-state index < -0.39 is 12.2 Å². The van der Waals surface area contributed by atoms with Crippen LogP contribution in [0.1, 0.15) is 150 Å². The van der Waals surface area contributed by atoms with Crippen LogP contribution in [0.2, 0.25) is 0 Å². The van der Waals surface area contributed by atoms with Gasteiger partial charge in [-0.1, -0.05) is 98.3 Å². The third-order valence-corrected chi connectivity index (χ3v) is 10.9. The summed E-state index contributed by atoms with van der Waals surface area (Å²) in [5, 5.41) is 32.7. The highest BCUT2D eigenvalue weighted by atomic mass is 16.3. The Hall–Kier alpha value is -0.120. The summed E-state index contributed by atoms with van der Waals surface area (Å²) in [7, 11) is 0. The number of rotatable bonds is 14. The van der Waals surface area contributed by atoms with E-state index in [0.29, 0.717) is 30.1 Å². The van der Waals surface area contributed by atoms with Crippen LogP contribution in [0.25, 0.3) is 0 Å². The lowest BCUT2D eigenvalue weighted by molar-refractivity contribution is -0.0117. The van der Waals surface area contributed by atoms with Crippen LogP contribution in [0.4, 0.5) is 0 Å². The van der Waals surface area contributed by atoms with Crippen molar-refractivity contribution < 1.29 is 15.3 Å². The fourth-order valence-electron chi connectivity index (χ4n) is 8.37. The molecule has 3 nitrogen and oxygen atoms in total. The van der Waals surface area contributed by atoms with Crippen LogP contribution in [0, 0.1) is 47.3 Å². The maximum atomic E-state index is 11.1. The molecular formula is C34H64O3. The molecule has 218 valence electrons. The Morgan fingerprint density at radius 2 is 1.11 bits per heavy atom. The van der Waals surface area contributed by atoms with Gasteiger partial charge < -0.3 is 15.3 Å². The molecule has 0 aromatic heterocycles. The molecule has 0 radical (unpaired) electrons. The van der Waals surface area contributed by atoms with Gasteiger partial charge in [-0.2, -0.15) is 0 Å². The van der Waals surface area contributed by atoms with Crippen LogP contribution in [0.3, 0.4) is 0 Å². The summed E-state index contributed by atoms with van der Waals surface area (Å²) in [6, 6.07) is 0. The van der Waals surface area contributed by atoms with Crippen LogP contribution in [-0.4, -0.2) is 33.6 Å². The number of hydrogen-bond acceptors (Lipinski definition) is 3. The molecule has 0 bridgehead atoms. The first-order chi connectivity index (χ1) is 17.7. The summed E-state index contributed by atoms with van der Waals surface area (Å²) in [5.74, 6) is 5.47. The van der Waals surface area contributed by atoms with E-state index in [-0.39, 0.29) is 6.10 Å². The minimum absolute atomic E-state index is 0.210. The maximum Gasteiger partial charge on any atom is 0.0801 e. The second kappa shape index (κ2) is 16.2. The minimum atomic E-state index is -0.621. The van der Waals surface area contributed by atoms with E-state index in [2.05, 4.69) is 27.7 Å². The van der Waals surface area contributed by atoms with Crippen LogP contribution in [0.15, 0.2) is 0 Å². The van der Waals surface area contributed by atoms with Crippen LogP contribution in [-0.2, 0) is 0 Å². The highest BCUT2D eigenvalue weighted by molar-refractivity contribution is 4.83. The van der Waals surface area contributed by atoms with Crippen molar-refractivity contribution in [1.82, 2.24) is 0 Å². The third-order valence-electron chi connectivity index (χ3n) is 10.9. The van der Waals surface area contributed by atoms with E-state index in [1.54, 1.807) is 0 Å². The van der Waals surface area contributed by atoms with Gasteiger partial charge >= 0.3 is 0 Å². The molecule has 3 heteroatoms. The second-order valence-electron chi connectivity index (χ2n) is 14.8. The second-order valence-corrected chi connectivity index (χ2v) is 14.8. The van der Waals surface area contributed by atoms with Gasteiger partial charge in [0.2, 0.25) is 0 Å². The molecule has 3 saturated carbocycles. The lowest BCUT2D eigenvalue weighted by atomic mass is 9.73. The van der Waals surface area contributed by atoms with Gasteiger partial charge in [0.15, 0.2) is 0 Å². The molecule has 0 aromatic rings. The minimum Gasteiger partial charge on any atom is -0.393 e. The van der Waals surface area contributed by atoms with Crippen molar-refractivity contribution in [1.29, 1.82) is 0 Å². The molecule has 0 aliphatic heterocycles. The molecule has 0 spiro atoms. The number of hydrogen-bond donors (Lipinski definition) is 3. The van der Waals surface area contributed by atoms with E-state index in [1.165, 1.54) is 96.3 Å². The predicted octanol–water partition coefficient (Wildman–Crippen LogP) is 8.53. The summed E-state index contributed by atoms with van der Waals surface area (Å²) in [5.41, 5.74) is 0. The summed E-state index contributed by atoms with van der Waals surface area (Å²) in [6.45, 7) is 9.16. The highest BCUT2D eigenvalue weighted by Gasteiger charge is 2.31. The van der Waals surface area contributed by atoms with E-state index in [4.69, 9.17) is 0 Å². The monoisotopic (exact) mass is 520 g/mol. The first-order valence-corrected chi connectivity index (χ1v) is 16.7. The van der Waals surface area contributed by atoms with Crippen molar-refractivity contribution in [2.45, 2.75) is 168 Å². The Morgan fingerprint density at radius 3 is 1.70 bits per heavy atom. The SMILES string of the molecule is CC(C)CC1CCC(C(O)CC(CCC(O)[C@@H](O)CC2CCC(CC3CCCCC3)CC2)C(C)C)CC1. The van der Waals surface area contributed by atoms with Crippen molar-refractivity contribution in [2.75, 3.05) is 0 Å². The zero-order valence-corrected chi connectivity index (χ0v) is 25.1. The van der Waals surface area contributed by atoms with Crippen molar-refractivity contribution in [3.8, 4) is 0 Å². The van der Waals surface area contributed by atoms with Crippen molar-refractivity contribution in [3.63, 3.8) is 0 Å². The summed E-state index contributed by atoms with van der Waals surface area (Å²) in [6.07, 6.45) is 21.8. The van der Waals surface area contributed by atoms with E-state index in [9.17, 15) is 15.3 Å². The van der Waals surface area contributed by atoms with Gasteiger partial charge in [-0.15, -0.1) is 0 Å². The Morgan fingerprint density at radius 1 is 0.568 bits per heavy atom. The lowest BCUT2D eigenvalue weighted by Crippen LogP contribution is -2.32. The Balaban J connectivity index is 1.33. The van der Waals surface area contributed by atoms with Crippen LogP contribution >= 0.6 is 0 Å². The molecule has 4 atom stereocenters. The zero-order valence-electron chi connectivity index (χ0n) is 25.1. The highest BCUT2D eigenvalue weighted by Crippen LogP contribution is 2.39. The largest absolute Gasteiger partial charge is 0.393 e. The fourth-order valence-corrected chi connectivity index (χ4v) is 8.37. The van der Waals surface area contributed by atoms with Crippen molar-refractivity contribution in [2.24, 2.45) is 47.3 Å². The predicted molar refractivity (Wildman–Crippen MR) is 156 cm³/mol. The molecule has 0 aromatic carbocycles. The van der Waals surface area contributed by atoms with Gasteiger partial charge in [0.05, 0.1) is 18.3 Å². The quantitative estimate of drug-likeness (QED) is 0.215. The third kappa shape index (κ3) is 11.1. The Kier molecular flexibility index (Phi) is 13.8. The molecule has 37 heavy (non-hydrogen) atoms.